The topological polar surface area (TPSA) is 83.3 Å². The molecule has 0 bridgehead atoms. The van der Waals surface area contributed by atoms with Crippen LogP contribution in [0.3, 0.4) is 0 Å². The first-order valence-electron chi connectivity index (χ1n) is 11.5. The Bertz CT molecular complexity index is 1140. The number of piperazine rings is 1. The Hall–Kier alpha value is -3.70. The molecule has 2 fully saturated rings. The molecule has 35 heavy (non-hydrogen) atoms. The van der Waals surface area contributed by atoms with Crippen molar-refractivity contribution in [2.75, 3.05) is 49.1 Å². The second kappa shape index (κ2) is 9.51. The van der Waals surface area contributed by atoms with E-state index in [-0.39, 0.29) is 11.8 Å². The molecular formula is C23H25F3N8O. The van der Waals surface area contributed by atoms with Crippen molar-refractivity contribution in [1.82, 2.24) is 29.6 Å². The molecule has 0 spiro atoms. The molecule has 0 aliphatic carbocycles. The SMILES string of the molecule is O=C(C1CCCN(c2cc(-n3cccn3)ncn2)C1)N1CCN(c2ccc(C(F)(F)F)cn2)CC1. The molecule has 1 unspecified atom stereocenters. The summed E-state index contributed by atoms with van der Waals surface area (Å²) in [7, 11) is 0. The van der Waals surface area contributed by atoms with Crippen LogP contribution < -0.4 is 9.80 Å². The molecule has 12 heteroatoms. The first-order chi connectivity index (χ1) is 16.9. The quantitative estimate of drug-likeness (QED) is 0.561. The summed E-state index contributed by atoms with van der Waals surface area (Å²) < 4.78 is 40.0. The van der Waals surface area contributed by atoms with Crippen molar-refractivity contribution in [2.45, 2.75) is 19.0 Å². The lowest BCUT2D eigenvalue weighted by molar-refractivity contribution is -0.138. The van der Waals surface area contributed by atoms with Gasteiger partial charge in [-0.05, 0) is 31.0 Å². The number of pyridine rings is 1. The number of nitrogens with zero attached hydrogens (tertiary/aromatic N) is 8. The summed E-state index contributed by atoms with van der Waals surface area (Å²) in [6, 6.07) is 6.13. The zero-order chi connectivity index (χ0) is 24.4. The maximum atomic E-state index is 13.3. The highest BCUT2D eigenvalue weighted by molar-refractivity contribution is 5.80. The largest absolute Gasteiger partial charge is 0.417 e. The van der Waals surface area contributed by atoms with E-state index < -0.39 is 11.7 Å². The smallest absolute Gasteiger partial charge is 0.356 e. The van der Waals surface area contributed by atoms with Gasteiger partial charge >= 0.3 is 6.18 Å². The number of rotatable bonds is 4. The first kappa shape index (κ1) is 23.1. The lowest BCUT2D eigenvalue weighted by Crippen LogP contribution is -2.52. The van der Waals surface area contributed by atoms with Crippen LogP contribution in [0.5, 0.6) is 0 Å². The molecule has 3 aromatic rings. The summed E-state index contributed by atoms with van der Waals surface area (Å²) in [6.45, 7) is 3.46. The molecule has 1 atom stereocenters. The van der Waals surface area contributed by atoms with E-state index in [1.807, 2.05) is 28.1 Å². The van der Waals surface area contributed by atoms with Crippen molar-refractivity contribution in [3.8, 4) is 5.82 Å². The fraction of sp³-hybridized carbons (Fsp3) is 0.435. The van der Waals surface area contributed by atoms with Crippen molar-refractivity contribution in [3.63, 3.8) is 0 Å². The van der Waals surface area contributed by atoms with Crippen LogP contribution in [0.15, 0.2) is 49.2 Å². The predicted octanol–water partition coefficient (Wildman–Crippen LogP) is 2.64. The van der Waals surface area contributed by atoms with Gasteiger partial charge in [-0.3, -0.25) is 4.79 Å². The zero-order valence-electron chi connectivity index (χ0n) is 19.0. The van der Waals surface area contributed by atoms with Gasteiger partial charge in [-0.15, -0.1) is 0 Å². The lowest BCUT2D eigenvalue weighted by Gasteiger charge is -2.39. The van der Waals surface area contributed by atoms with Gasteiger partial charge in [0.05, 0.1) is 11.5 Å². The Morgan fingerprint density at radius 2 is 1.74 bits per heavy atom. The molecule has 0 aromatic carbocycles. The maximum absolute atomic E-state index is 13.3. The first-order valence-corrected chi connectivity index (χ1v) is 11.5. The Balaban J connectivity index is 1.19. The highest BCUT2D eigenvalue weighted by Crippen LogP contribution is 2.30. The minimum Gasteiger partial charge on any atom is -0.356 e. The van der Waals surface area contributed by atoms with E-state index in [1.165, 1.54) is 12.4 Å². The van der Waals surface area contributed by atoms with E-state index in [0.717, 1.165) is 37.5 Å². The predicted molar refractivity (Wildman–Crippen MR) is 122 cm³/mol. The van der Waals surface area contributed by atoms with Gasteiger partial charge in [0.25, 0.3) is 0 Å². The molecule has 2 aliphatic rings. The van der Waals surface area contributed by atoms with Gasteiger partial charge in [-0.1, -0.05) is 0 Å². The molecule has 2 aliphatic heterocycles. The van der Waals surface area contributed by atoms with Gasteiger partial charge in [0.15, 0.2) is 5.82 Å². The normalized spacial score (nSPS) is 19.2. The van der Waals surface area contributed by atoms with Gasteiger partial charge in [-0.2, -0.15) is 18.3 Å². The van der Waals surface area contributed by atoms with E-state index in [4.69, 9.17) is 0 Å². The summed E-state index contributed by atoms with van der Waals surface area (Å²) in [5.41, 5.74) is -0.766. The number of anilines is 2. The number of carbonyl (C=O) groups excluding carboxylic acids is 1. The molecule has 184 valence electrons. The Morgan fingerprint density at radius 1 is 0.943 bits per heavy atom. The van der Waals surface area contributed by atoms with Crippen LogP contribution in [0.25, 0.3) is 5.82 Å². The summed E-state index contributed by atoms with van der Waals surface area (Å²) in [5.74, 6) is 1.90. The highest BCUT2D eigenvalue weighted by Gasteiger charge is 2.33. The summed E-state index contributed by atoms with van der Waals surface area (Å²) in [4.78, 5) is 31.8. The number of hydrogen-bond donors (Lipinski definition) is 0. The van der Waals surface area contributed by atoms with E-state index >= 15 is 0 Å². The number of aromatic nitrogens is 5. The second-order valence-corrected chi connectivity index (χ2v) is 8.69. The number of carbonyl (C=O) groups is 1. The van der Waals surface area contributed by atoms with Crippen LogP contribution in [0.2, 0.25) is 0 Å². The molecule has 9 nitrogen and oxygen atoms in total. The van der Waals surface area contributed by atoms with E-state index in [0.29, 0.717) is 44.4 Å². The van der Waals surface area contributed by atoms with Crippen LogP contribution in [-0.2, 0) is 11.0 Å². The van der Waals surface area contributed by atoms with Crippen LogP contribution in [0, 0.1) is 5.92 Å². The molecule has 2 saturated heterocycles. The monoisotopic (exact) mass is 486 g/mol. The van der Waals surface area contributed by atoms with Crippen LogP contribution in [0.4, 0.5) is 24.8 Å². The van der Waals surface area contributed by atoms with Crippen molar-refractivity contribution < 1.29 is 18.0 Å². The van der Waals surface area contributed by atoms with E-state index in [1.54, 1.807) is 10.9 Å². The fourth-order valence-corrected chi connectivity index (χ4v) is 4.58. The van der Waals surface area contributed by atoms with E-state index in [9.17, 15) is 18.0 Å². The number of hydrogen-bond acceptors (Lipinski definition) is 7. The van der Waals surface area contributed by atoms with Gasteiger partial charge in [0.2, 0.25) is 5.91 Å². The second-order valence-electron chi connectivity index (χ2n) is 8.69. The fourth-order valence-electron chi connectivity index (χ4n) is 4.58. The maximum Gasteiger partial charge on any atom is 0.417 e. The van der Waals surface area contributed by atoms with Crippen LogP contribution in [-0.4, -0.2) is 74.8 Å². The molecular weight excluding hydrogens is 461 g/mol. The van der Waals surface area contributed by atoms with Crippen molar-refractivity contribution in [1.29, 1.82) is 0 Å². The zero-order valence-corrected chi connectivity index (χ0v) is 19.0. The van der Waals surface area contributed by atoms with Gasteiger partial charge in [0, 0.05) is 63.9 Å². The van der Waals surface area contributed by atoms with Crippen molar-refractivity contribution in [3.05, 3.63) is 54.7 Å². The van der Waals surface area contributed by atoms with E-state index in [2.05, 4.69) is 25.0 Å². The molecule has 0 N–H and O–H groups in total. The van der Waals surface area contributed by atoms with Crippen molar-refractivity contribution >= 4 is 17.5 Å². The van der Waals surface area contributed by atoms with Crippen molar-refractivity contribution in [2.24, 2.45) is 5.92 Å². The van der Waals surface area contributed by atoms with Crippen LogP contribution in [0.1, 0.15) is 18.4 Å². The Labute approximate surface area is 200 Å². The molecule has 5 heterocycles. The Morgan fingerprint density at radius 3 is 2.43 bits per heavy atom. The standard InChI is InChI=1S/C23H25F3N8O/c24-23(25,26)18-4-5-19(27-14-18)31-9-11-32(12-10-31)22(35)17-3-1-7-33(15-17)20-13-21(29-16-28-20)34-8-2-6-30-34/h2,4-6,8,13-14,16-17H,1,3,7,9-12,15H2. The molecule has 3 aromatic heterocycles. The number of halogens is 3. The van der Waals surface area contributed by atoms with Gasteiger partial charge in [-0.25, -0.2) is 19.6 Å². The minimum atomic E-state index is -4.41. The molecule has 5 rings (SSSR count). The third-order valence-electron chi connectivity index (χ3n) is 6.46. The number of amides is 1. The molecule has 0 radical (unpaired) electrons. The molecule has 0 saturated carbocycles. The summed E-state index contributed by atoms with van der Waals surface area (Å²) in [5, 5.41) is 4.21. The number of alkyl halides is 3. The number of piperidine rings is 1. The Kier molecular flexibility index (Phi) is 6.27. The third kappa shape index (κ3) is 5.05. The van der Waals surface area contributed by atoms with Gasteiger partial charge in [0.1, 0.15) is 18.0 Å². The average molecular weight is 487 g/mol. The van der Waals surface area contributed by atoms with Crippen LogP contribution >= 0.6 is 0 Å². The lowest BCUT2D eigenvalue weighted by atomic mass is 9.96. The minimum absolute atomic E-state index is 0.107. The average Bonchev–Trinajstić information content (AvgIpc) is 3.43. The summed E-state index contributed by atoms with van der Waals surface area (Å²) in [6.07, 6.45) is 3.15. The highest BCUT2D eigenvalue weighted by atomic mass is 19.4. The molecule has 1 amide bonds. The summed E-state index contributed by atoms with van der Waals surface area (Å²) >= 11 is 0. The van der Waals surface area contributed by atoms with Gasteiger partial charge < -0.3 is 14.7 Å². The third-order valence-corrected chi connectivity index (χ3v) is 6.46.